The number of pyridine rings is 1. The van der Waals surface area contributed by atoms with Crippen LogP contribution in [0.25, 0.3) is 10.9 Å². The van der Waals surface area contributed by atoms with Crippen LogP contribution in [0.15, 0.2) is 59.4 Å². The molecule has 1 aliphatic heterocycles. The number of hydrogen-bond acceptors (Lipinski definition) is 3. The maximum Gasteiger partial charge on any atom is 0.254 e. The molecule has 0 saturated carbocycles. The molecule has 2 heterocycles. The van der Waals surface area contributed by atoms with Crippen molar-refractivity contribution in [1.29, 1.82) is 0 Å². The Bertz CT molecular complexity index is 1060. The number of benzene rings is 2. The molecule has 5 nitrogen and oxygen atoms in total. The Balaban J connectivity index is 1.59. The highest BCUT2D eigenvalue weighted by Crippen LogP contribution is 2.25. The molecule has 1 N–H and O–H groups in total. The van der Waals surface area contributed by atoms with Crippen LogP contribution < -0.4 is 10.5 Å². The summed E-state index contributed by atoms with van der Waals surface area (Å²) in [6.45, 7) is 3.99. The van der Waals surface area contributed by atoms with Crippen molar-refractivity contribution >= 4 is 34.1 Å². The largest absolute Gasteiger partial charge is 0.365 e. The molecule has 0 bridgehead atoms. The van der Waals surface area contributed by atoms with Crippen molar-refractivity contribution in [2.24, 2.45) is 0 Å². The molecular weight excluding hydrogens is 362 g/mol. The SMILES string of the molecule is CC1CN(C(=O)c2cc(=O)[nH]c3ccccc23)CCN1c1cccc(Cl)c1. The van der Waals surface area contributed by atoms with Crippen LogP contribution in [0.1, 0.15) is 17.3 Å². The number of H-pyrrole nitrogens is 1. The number of halogens is 1. The zero-order valence-electron chi connectivity index (χ0n) is 15.0. The van der Waals surface area contributed by atoms with Crippen LogP contribution in [-0.4, -0.2) is 41.5 Å². The van der Waals surface area contributed by atoms with E-state index in [2.05, 4.69) is 16.8 Å². The molecular formula is C21H20ClN3O2. The van der Waals surface area contributed by atoms with Crippen molar-refractivity contribution in [3.63, 3.8) is 0 Å². The summed E-state index contributed by atoms with van der Waals surface area (Å²) in [7, 11) is 0. The summed E-state index contributed by atoms with van der Waals surface area (Å²) in [5.41, 5.74) is 1.93. The third-order valence-corrected chi connectivity index (χ3v) is 5.27. The average Bonchev–Trinajstić information content (AvgIpc) is 2.66. The van der Waals surface area contributed by atoms with Crippen molar-refractivity contribution in [1.82, 2.24) is 9.88 Å². The molecule has 1 atom stereocenters. The van der Waals surface area contributed by atoms with Gasteiger partial charge in [0.1, 0.15) is 0 Å². The Kier molecular flexibility index (Phi) is 4.62. The number of fused-ring (bicyclic) bond motifs is 1. The monoisotopic (exact) mass is 381 g/mol. The van der Waals surface area contributed by atoms with Crippen LogP contribution in [-0.2, 0) is 0 Å². The minimum Gasteiger partial charge on any atom is -0.365 e. The predicted octanol–water partition coefficient (Wildman–Crippen LogP) is 3.53. The highest BCUT2D eigenvalue weighted by atomic mass is 35.5. The number of anilines is 1. The molecule has 1 aromatic heterocycles. The lowest BCUT2D eigenvalue weighted by Gasteiger charge is -2.41. The Morgan fingerprint density at radius 1 is 1.11 bits per heavy atom. The molecule has 1 saturated heterocycles. The number of nitrogens with zero attached hydrogens (tertiary/aromatic N) is 2. The number of piperazine rings is 1. The quantitative estimate of drug-likeness (QED) is 0.738. The van der Waals surface area contributed by atoms with Gasteiger partial charge in [-0.1, -0.05) is 35.9 Å². The van der Waals surface area contributed by atoms with Crippen LogP contribution in [0, 0.1) is 0 Å². The molecule has 0 aliphatic carbocycles. The molecule has 3 aromatic rings. The van der Waals surface area contributed by atoms with Gasteiger partial charge in [-0.25, -0.2) is 0 Å². The van der Waals surface area contributed by atoms with Gasteiger partial charge in [0.2, 0.25) is 5.56 Å². The lowest BCUT2D eigenvalue weighted by atomic mass is 10.1. The second-order valence-electron chi connectivity index (χ2n) is 6.87. The summed E-state index contributed by atoms with van der Waals surface area (Å²) in [4.78, 5) is 32.0. The number of amides is 1. The summed E-state index contributed by atoms with van der Waals surface area (Å²) >= 11 is 6.12. The van der Waals surface area contributed by atoms with Gasteiger partial charge in [-0.2, -0.15) is 0 Å². The van der Waals surface area contributed by atoms with Crippen LogP contribution in [0.5, 0.6) is 0 Å². The van der Waals surface area contributed by atoms with E-state index in [0.717, 1.165) is 11.1 Å². The first-order valence-electron chi connectivity index (χ1n) is 8.96. The topological polar surface area (TPSA) is 56.4 Å². The molecule has 0 spiro atoms. The number of aromatic amines is 1. The summed E-state index contributed by atoms with van der Waals surface area (Å²) < 4.78 is 0. The normalized spacial score (nSPS) is 17.3. The molecule has 1 aliphatic rings. The van der Waals surface area contributed by atoms with E-state index >= 15 is 0 Å². The van der Waals surface area contributed by atoms with Gasteiger partial charge in [-0.3, -0.25) is 9.59 Å². The summed E-state index contributed by atoms with van der Waals surface area (Å²) in [6.07, 6.45) is 0. The van der Waals surface area contributed by atoms with E-state index in [9.17, 15) is 9.59 Å². The van der Waals surface area contributed by atoms with E-state index in [1.54, 1.807) is 0 Å². The molecule has 4 rings (SSSR count). The number of para-hydroxylation sites is 1. The van der Waals surface area contributed by atoms with Gasteiger partial charge in [0.15, 0.2) is 0 Å². The van der Waals surface area contributed by atoms with E-state index < -0.39 is 0 Å². The van der Waals surface area contributed by atoms with E-state index in [4.69, 9.17) is 11.6 Å². The lowest BCUT2D eigenvalue weighted by molar-refractivity contribution is 0.0728. The molecule has 1 unspecified atom stereocenters. The van der Waals surface area contributed by atoms with Crippen LogP contribution in [0.4, 0.5) is 5.69 Å². The molecule has 6 heteroatoms. The van der Waals surface area contributed by atoms with Crippen LogP contribution in [0.2, 0.25) is 5.02 Å². The van der Waals surface area contributed by atoms with Gasteiger partial charge in [-0.05, 0) is 31.2 Å². The van der Waals surface area contributed by atoms with Crippen molar-refractivity contribution in [3.05, 3.63) is 75.5 Å². The van der Waals surface area contributed by atoms with Crippen molar-refractivity contribution in [2.75, 3.05) is 24.5 Å². The molecule has 0 radical (unpaired) electrons. The number of carbonyl (C=O) groups is 1. The standard InChI is InChI=1S/C21H20ClN3O2/c1-14-13-24(9-10-25(14)16-6-4-5-15(22)11-16)21(27)18-12-20(26)23-19-8-3-2-7-17(18)19/h2-8,11-12,14H,9-10,13H2,1H3,(H,23,26). The molecule has 2 aromatic carbocycles. The van der Waals surface area contributed by atoms with Gasteiger partial charge >= 0.3 is 0 Å². The number of aromatic nitrogens is 1. The highest BCUT2D eigenvalue weighted by molar-refractivity contribution is 6.30. The number of rotatable bonds is 2. The first kappa shape index (κ1) is 17.6. The Morgan fingerprint density at radius 2 is 1.93 bits per heavy atom. The lowest BCUT2D eigenvalue weighted by Crippen LogP contribution is -2.53. The minimum atomic E-state index is -0.261. The smallest absolute Gasteiger partial charge is 0.254 e. The van der Waals surface area contributed by atoms with Crippen molar-refractivity contribution < 1.29 is 4.79 Å². The number of nitrogens with one attached hydrogen (secondary N) is 1. The maximum absolute atomic E-state index is 13.1. The van der Waals surface area contributed by atoms with E-state index in [1.165, 1.54) is 6.07 Å². The van der Waals surface area contributed by atoms with Gasteiger partial charge in [0, 0.05) is 53.4 Å². The van der Waals surface area contributed by atoms with Crippen LogP contribution in [0.3, 0.4) is 0 Å². The zero-order chi connectivity index (χ0) is 19.0. The van der Waals surface area contributed by atoms with E-state index in [-0.39, 0.29) is 17.5 Å². The van der Waals surface area contributed by atoms with Crippen molar-refractivity contribution in [3.8, 4) is 0 Å². The average molecular weight is 382 g/mol. The Hall–Kier alpha value is -2.79. The van der Waals surface area contributed by atoms with E-state index in [1.807, 2.05) is 53.4 Å². The zero-order valence-corrected chi connectivity index (χ0v) is 15.7. The molecule has 138 valence electrons. The second-order valence-corrected chi connectivity index (χ2v) is 7.30. The summed E-state index contributed by atoms with van der Waals surface area (Å²) in [5, 5.41) is 1.47. The maximum atomic E-state index is 13.1. The second kappa shape index (κ2) is 7.08. The molecule has 1 amide bonds. The third kappa shape index (κ3) is 3.43. The third-order valence-electron chi connectivity index (χ3n) is 5.04. The minimum absolute atomic E-state index is 0.102. The van der Waals surface area contributed by atoms with Gasteiger partial charge in [0.25, 0.3) is 5.91 Å². The molecule has 27 heavy (non-hydrogen) atoms. The van der Waals surface area contributed by atoms with Gasteiger partial charge in [0.05, 0.1) is 5.56 Å². The fourth-order valence-corrected chi connectivity index (χ4v) is 3.92. The predicted molar refractivity (Wildman–Crippen MR) is 109 cm³/mol. The van der Waals surface area contributed by atoms with E-state index in [0.29, 0.717) is 35.7 Å². The van der Waals surface area contributed by atoms with Gasteiger partial charge in [-0.15, -0.1) is 0 Å². The first-order valence-corrected chi connectivity index (χ1v) is 9.34. The van der Waals surface area contributed by atoms with Gasteiger partial charge < -0.3 is 14.8 Å². The molecule has 1 fully saturated rings. The Labute approximate surface area is 162 Å². The summed E-state index contributed by atoms with van der Waals surface area (Å²) in [5.74, 6) is -0.102. The summed E-state index contributed by atoms with van der Waals surface area (Å²) in [6, 6.07) is 16.7. The van der Waals surface area contributed by atoms with Crippen LogP contribution >= 0.6 is 11.6 Å². The fraction of sp³-hybridized carbons (Fsp3) is 0.238. The fourth-order valence-electron chi connectivity index (χ4n) is 3.73. The number of carbonyl (C=O) groups excluding carboxylic acids is 1. The highest BCUT2D eigenvalue weighted by Gasteiger charge is 2.28. The Morgan fingerprint density at radius 3 is 2.70 bits per heavy atom. The van der Waals surface area contributed by atoms with Crippen molar-refractivity contribution in [2.45, 2.75) is 13.0 Å². The number of hydrogen-bond donors (Lipinski definition) is 1. The first-order chi connectivity index (χ1) is 13.0.